The van der Waals surface area contributed by atoms with Gasteiger partial charge in [-0.2, -0.15) is 5.26 Å². The van der Waals surface area contributed by atoms with Crippen molar-refractivity contribution in [2.24, 2.45) is 0 Å². The molecule has 0 saturated carbocycles. The SMILES string of the molecule is COc1cc(/C=C(\C#N)C(=O)c2cccc([N+](=O)[O-])c2)cc(I)c1OCc1ccccc1Cl. The van der Waals surface area contributed by atoms with Crippen LogP contribution in [0.4, 0.5) is 5.69 Å². The van der Waals surface area contributed by atoms with Gasteiger partial charge in [0.15, 0.2) is 11.5 Å². The molecule has 9 heteroatoms. The van der Waals surface area contributed by atoms with Crippen LogP contribution in [-0.2, 0) is 6.61 Å². The first kappa shape index (κ1) is 24.2. The number of nitro groups is 1. The number of Topliss-reactive ketones (excluding diaryl/α,β-unsaturated/α-hetero) is 1. The molecule has 0 fully saturated rings. The molecule has 0 N–H and O–H groups in total. The van der Waals surface area contributed by atoms with Crippen LogP contribution >= 0.6 is 34.2 Å². The van der Waals surface area contributed by atoms with Gasteiger partial charge in [0.1, 0.15) is 18.2 Å². The molecule has 166 valence electrons. The van der Waals surface area contributed by atoms with Gasteiger partial charge in [-0.1, -0.05) is 41.9 Å². The highest BCUT2D eigenvalue weighted by atomic mass is 127. The number of non-ortho nitro benzene ring substituents is 1. The third-order valence-corrected chi connectivity index (χ3v) is 5.75. The minimum Gasteiger partial charge on any atom is -0.493 e. The summed E-state index contributed by atoms with van der Waals surface area (Å²) in [7, 11) is 1.49. The van der Waals surface area contributed by atoms with Crippen molar-refractivity contribution in [3.8, 4) is 17.6 Å². The van der Waals surface area contributed by atoms with Crippen molar-refractivity contribution in [3.63, 3.8) is 0 Å². The summed E-state index contributed by atoms with van der Waals surface area (Å²) >= 11 is 8.26. The third-order valence-electron chi connectivity index (χ3n) is 4.58. The van der Waals surface area contributed by atoms with Crippen LogP contribution in [0.15, 0.2) is 66.2 Å². The minimum absolute atomic E-state index is 0.0540. The Hall–Kier alpha value is -3.42. The zero-order valence-electron chi connectivity index (χ0n) is 17.2. The van der Waals surface area contributed by atoms with Crippen LogP contribution in [0.5, 0.6) is 11.5 Å². The molecular weight excluding hydrogens is 559 g/mol. The second kappa shape index (κ2) is 10.9. The van der Waals surface area contributed by atoms with E-state index in [2.05, 4.69) is 22.6 Å². The summed E-state index contributed by atoms with van der Waals surface area (Å²) in [5.74, 6) is 0.299. The summed E-state index contributed by atoms with van der Waals surface area (Å²) in [6, 6.07) is 17.8. The van der Waals surface area contributed by atoms with Gasteiger partial charge in [0.2, 0.25) is 5.78 Å². The Morgan fingerprint density at radius 1 is 1.21 bits per heavy atom. The zero-order chi connectivity index (χ0) is 24.0. The average molecular weight is 575 g/mol. The van der Waals surface area contributed by atoms with Gasteiger partial charge in [0, 0.05) is 28.3 Å². The Bertz CT molecular complexity index is 1300. The van der Waals surface area contributed by atoms with Crippen LogP contribution in [0.25, 0.3) is 6.08 Å². The van der Waals surface area contributed by atoms with E-state index in [0.717, 1.165) is 11.6 Å². The topological polar surface area (TPSA) is 102 Å². The molecule has 0 aromatic heterocycles. The van der Waals surface area contributed by atoms with Crippen LogP contribution in [0.1, 0.15) is 21.5 Å². The number of allylic oxidation sites excluding steroid dienone is 1. The summed E-state index contributed by atoms with van der Waals surface area (Å²) in [4.78, 5) is 23.2. The second-order valence-electron chi connectivity index (χ2n) is 6.72. The number of hydrogen-bond acceptors (Lipinski definition) is 6. The molecule has 0 spiro atoms. The molecule has 33 heavy (non-hydrogen) atoms. The number of nitro benzene ring substituents is 1. The molecule has 3 aromatic rings. The Balaban J connectivity index is 1.90. The molecule has 7 nitrogen and oxygen atoms in total. The first-order valence-corrected chi connectivity index (χ1v) is 10.9. The van der Waals surface area contributed by atoms with E-state index in [1.165, 1.54) is 31.4 Å². The monoisotopic (exact) mass is 574 g/mol. The number of nitrogens with zero attached hydrogens (tertiary/aromatic N) is 2. The van der Waals surface area contributed by atoms with Crippen molar-refractivity contribution >= 4 is 51.7 Å². The molecule has 0 aliphatic heterocycles. The molecular formula is C24H16ClIN2O5. The van der Waals surface area contributed by atoms with Crippen molar-refractivity contribution < 1.29 is 19.2 Å². The highest BCUT2D eigenvalue weighted by Gasteiger charge is 2.17. The highest BCUT2D eigenvalue weighted by Crippen LogP contribution is 2.35. The third kappa shape index (κ3) is 5.88. The van der Waals surface area contributed by atoms with Gasteiger partial charge in [0.25, 0.3) is 5.69 Å². The number of nitriles is 1. The van der Waals surface area contributed by atoms with Crippen LogP contribution in [0.3, 0.4) is 0 Å². The molecule has 0 heterocycles. The zero-order valence-corrected chi connectivity index (χ0v) is 20.2. The fourth-order valence-corrected chi connectivity index (χ4v) is 3.93. The first-order chi connectivity index (χ1) is 15.8. The molecule has 3 aromatic carbocycles. The van der Waals surface area contributed by atoms with Gasteiger partial charge in [0.05, 0.1) is 15.6 Å². The van der Waals surface area contributed by atoms with Crippen molar-refractivity contribution in [1.82, 2.24) is 0 Å². The van der Waals surface area contributed by atoms with Gasteiger partial charge < -0.3 is 9.47 Å². The number of benzene rings is 3. The lowest BCUT2D eigenvalue weighted by molar-refractivity contribution is -0.384. The molecule has 0 aliphatic carbocycles. The predicted octanol–water partition coefficient (Wildman–Crippen LogP) is 6.23. The number of hydrogen-bond donors (Lipinski definition) is 0. The molecule has 0 bridgehead atoms. The van der Waals surface area contributed by atoms with Gasteiger partial charge in [-0.3, -0.25) is 14.9 Å². The molecule has 0 atom stereocenters. The number of carbonyl (C=O) groups is 1. The maximum absolute atomic E-state index is 12.8. The number of rotatable bonds is 8. The smallest absolute Gasteiger partial charge is 0.270 e. The van der Waals surface area contributed by atoms with E-state index in [0.29, 0.717) is 25.7 Å². The number of ether oxygens (including phenoxy) is 2. The van der Waals surface area contributed by atoms with Crippen molar-refractivity contribution in [3.05, 3.63) is 102 Å². The highest BCUT2D eigenvalue weighted by molar-refractivity contribution is 14.1. The largest absolute Gasteiger partial charge is 0.493 e. The van der Waals surface area contributed by atoms with Gasteiger partial charge in [-0.15, -0.1) is 0 Å². The van der Waals surface area contributed by atoms with E-state index in [1.54, 1.807) is 18.2 Å². The summed E-state index contributed by atoms with van der Waals surface area (Å²) in [5, 5.41) is 21.1. The average Bonchev–Trinajstić information content (AvgIpc) is 2.82. The van der Waals surface area contributed by atoms with E-state index >= 15 is 0 Å². The maximum Gasteiger partial charge on any atom is 0.270 e. The van der Waals surface area contributed by atoms with Crippen LogP contribution in [-0.4, -0.2) is 17.8 Å². The number of methoxy groups -OCH3 is 1. The fourth-order valence-electron chi connectivity index (χ4n) is 2.96. The van der Waals surface area contributed by atoms with E-state index in [4.69, 9.17) is 21.1 Å². The summed E-state index contributed by atoms with van der Waals surface area (Å²) in [5.41, 5.74) is 1.01. The Morgan fingerprint density at radius 2 is 1.97 bits per heavy atom. The second-order valence-corrected chi connectivity index (χ2v) is 8.29. The quantitative estimate of drug-likeness (QED) is 0.0789. The molecule has 0 unspecified atom stereocenters. The minimum atomic E-state index is -0.616. The molecule has 0 aliphatic rings. The molecule has 0 saturated heterocycles. The number of carbonyl (C=O) groups excluding carboxylic acids is 1. The lowest BCUT2D eigenvalue weighted by atomic mass is 10.0. The summed E-state index contributed by atoms with van der Waals surface area (Å²) < 4.78 is 12.1. The fraction of sp³-hybridized carbons (Fsp3) is 0.0833. The maximum atomic E-state index is 12.8. The van der Waals surface area contributed by atoms with E-state index in [-0.39, 0.29) is 23.4 Å². The Kier molecular flexibility index (Phi) is 8.03. The number of halogens is 2. The first-order valence-electron chi connectivity index (χ1n) is 9.48. The summed E-state index contributed by atoms with van der Waals surface area (Å²) in [6.45, 7) is 0.232. The van der Waals surface area contributed by atoms with Crippen LogP contribution < -0.4 is 9.47 Å². The molecule has 0 amide bonds. The molecule has 0 radical (unpaired) electrons. The van der Waals surface area contributed by atoms with Crippen molar-refractivity contribution in [2.75, 3.05) is 7.11 Å². The van der Waals surface area contributed by atoms with Crippen molar-refractivity contribution in [2.45, 2.75) is 6.61 Å². The van der Waals surface area contributed by atoms with E-state index in [1.807, 2.05) is 24.3 Å². The van der Waals surface area contributed by atoms with Gasteiger partial charge >= 0.3 is 0 Å². The van der Waals surface area contributed by atoms with Gasteiger partial charge in [-0.25, -0.2) is 0 Å². The lowest BCUT2D eigenvalue weighted by Gasteiger charge is -2.14. The van der Waals surface area contributed by atoms with Crippen LogP contribution in [0.2, 0.25) is 5.02 Å². The molecule has 3 rings (SSSR count). The predicted molar refractivity (Wildman–Crippen MR) is 133 cm³/mol. The van der Waals surface area contributed by atoms with Crippen LogP contribution in [0, 0.1) is 25.0 Å². The Morgan fingerprint density at radius 3 is 2.64 bits per heavy atom. The van der Waals surface area contributed by atoms with E-state index < -0.39 is 10.7 Å². The van der Waals surface area contributed by atoms with E-state index in [9.17, 15) is 20.2 Å². The van der Waals surface area contributed by atoms with Crippen molar-refractivity contribution in [1.29, 1.82) is 5.26 Å². The number of ketones is 1. The summed E-state index contributed by atoms with van der Waals surface area (Å²) in [6.07, 6.45) is 1.41. The van der Waals surface area contributed by atoms with Gasteiger partial charge in [-0.05, 0) is 52.4 Å². The normalized spacial score (nSPS) is 10.9. The lowest BCUT2D eigenvalue weighted by Crippen LogP contribution is -2.03. The standard InChI is InChI=1S/C24H16ClIN2O5/c1-32-22-11-15(10-21(26)24(22)33-14-17-5-2-3-8-20(17)25)9-18(13-27)23(29)16-6-4-7-19(12-16)28(30)31/h2-12H,14H2,1H3/b18-9+. The Labute approximate surface area is 208 Å².